The predicted octanol–water partition coefficient (Wildman–Crippen LogP) is 2.96. The highest BCUT2D eigenvalue weighted by atomic mass is 19.1. The van der Waals surface area contributed by atoms with Crippen LogP contribution >= 0.6 is 0 Å². The number of aliphatic hydroxyl groups is 1. The van der Waals surface area contributed by atoms with Crippen LogP contribution in [0, 0.1) is 11.2 Å². The molecule has 192 valence electrons. The van der Waals surface area contributed by atoms with Gasteiger partial charge in [0.05, 0.1) is 25.1 Å². The lowest BCUT2D eigenvalue weighted by molar-refractivity contribution is 0.0972. The number of rotatable bonds is 9. The van der Waals surface area contributed by atoms with Gasteiger partial charge in [-0.15, -0.1) is 0 Å². The van der Waals surface area contributed by atoms with E-state index in [2.05, 4.69) is 50.8 Å². The second kappa shape index (κ2) is 13.0. The van der Waals surface area contributed by atoms with Crippen molar-refractivity contribution in [3.05, 3.63) is 72.5 Å². The van der Waals surface area contributed by atoms with E-state index in [0.29, 0.717) is 24.0 Å². The number of methoxy groups -OCH3 is 1. The Morgan fingerprint density at radius 2 is 2.14 bits per heavy atom. The van der Waals surface area contributed by atoms with Crippen molar-refractivity contribution in [2.45, 2.75) is 25.0 Å². The Kier molecular flexibility index (Phi) is 9.80. The summed E-state index contributed by atoms with van der Waals surface area (Å²) in [6.07, 6.45) is 6.88. The van der Waals surface area contributed by atoms with Crippen LogP contribution in [-0.4, -0.2) is 89.5 Å². The molecule has 1 aliphatic heterocycles. The van der Waals surface area contributed by atoms with Gasteiger partial charge in [-0.25, -0.2) is 14.4 Å². The minimum absolute atomic E-state index is 0.134. The van der Waals surface area contributed by atoms with Crippen molar-refractivity contribution in [2.24, 2.45) is 4.99 Å². The summed E-state index contributed by atoms with van der Waals surface area (Å²) >= 11 is 0. The van der Waals surface area contributed by atoms with E-state index in [1.165, 1.54) is 19.4 Å². The molecule has 3 rings (SSSR count). The van der Waals surface area contributed by atoms with Gasteiger partial charge in [-0.05, 0) is 63.8 Å². The van der Waals surface area contributed by atoms with E-state index in [9.17, 15) is 9.50 Å². The normalized spacial score (nSPS) is 16.6. The zero-order valence-electron chi connectivity index (χ0n) is 21.0. The number of ether oxygens (including phenoxy) is 1. The van der Waals surface area contributed by atoms with Crippen LogP contribution in [0.1, 0.15) is 18.5 Å². The van der Waals surface area contributed by atoms with Gasteiger partial charge in [0.1, 0.15) is 11.5 Å². The fourth-order valence-electron chi connectivity index (χ4n) is 3.97. The maximum absolute atomic E-state index is 14.3. The van der Waals surface area contributed by atoms with Crippen molar-refractivity contribution in [2.75, 3.05) is 46.2 Å². The number of aliphatic hydroxyl groups excluding tert-OH is 1. The molecule has 0 spiro atoms. The highest BCUT2D eigenvalue weighted by Crippen LogP contribution is 2.17. The summed E-state index contributed by atoms with van der Waals surface area (Å²) in [5.74, 6) is -0.243. The molecule has 0 radical (unpaired) electrons. The van der Waals surface area contributed by atoms with Crippen molar-refractivity contribution in [1.82, 2.24) is 19.8 Å². The predicted molar refractivity (Wildman–Crippen MR) is 140 cm³/mol. The van der Waals surface area contributed by atoms with Gasteiger partial charge in [0, 0.05) is 24.8 Å². The van der Waals surface area contributed by atoms with Crippen molar-refractivity contribution in [3.8, 4) is 5.88 Å². The molecular weight excluding hydrogens is 461 g/mol. The SMILES string of the molecule is C=C/C(=C/C(=N\C(=N)c1cccc(OC)n1)Nc1ccncc1F)C(O)CN1CCC(N(C)C)CC1. The molecule has 1 aliphatic rings. The molecule has 0 aromatic carbocycles. The molecule has 1 unspecified atom stereocenters. The molecule has 0 aliphatic carbocycles. The van der Waals surface area contributed by atoms with Crippen LogP contribution in [0.5, 0.6) is 5.88 Å². The molecule has 3 N–H and O–H groups in total. The zero-order chi connectivity index (χ0) is 26.1. The van der Waals surface area contributed by atoms with Gasteiger partial charge in [0.2, 0.25) is 5.88 Å². The highest BCUT2D eigenvalue weighted by Gasteiger charge is 2.23. The van der Waals surface area contributed by atoms with Gasteiger partial charge in [0.15, 0.2) is 11.7 Å². The molecule has 0 saturated carbocycles. The maximum Gasteiger partial charge on any atom is 0.213 e. The fraction of sp³-hybridized carbons (Fsp3) is 0.385. The van der Waals surface area contributed by atoms with Crippen LogP contribution in [0.3, 0.4) is 0 Å². The molecule has 2 aromatic heterocycles. The summed E-state index contributed by atoms with van der Waals surface area (Å²) in [6.45, 7) is 6.05. The van der Waals surface area contributed by atoms with Gasteiger partial charge in [-0.2, -0.15) is 0 Å². The van der Waals surface area contributed by atoms with Gasteiger partial charge < -0.3 is 25.0 Å². The zero-order valence-corrected chi connectivity index (χ0v) is 21.0. The van der Waals surface area contributed by atoms with Crippen LogP contribution in [0.4, 0.5) is 10.1 Å². The summed E-state index contributed by atoms with van der Waals surface area (Å²) in [6, 6.07) is 7.00. The number of aromatic nitrogens is 2. The van der Waals surface area contributed by atoms with Gasteiger partial charge in [-0.3, -0.25) is 10.4 Å². The molecule has 1 fully saturated rings. The first-order valence-corrected chi connectivity index (χ1v) is 11.8. The topological polar surface area (TPSA) is 110 Å². The van der Waals surface area contributed by atoms with Crippen molar-refractivity contribution in [1.29, 1.82) is 5.41 Å². The van der Waals surface area contributed by atoms with Crippen LogP contribution in [0.15, 0.2) is 66.0 Å². The number of pyridine rings is 2. The second-order valence-electron chi connectivity index (χ2n) is 8.75. The smallest absolute Gasteiger partial charge is 0.213 e. The first-order valence-electron chi connectivity index (χ1n) is 11.8. The number of hydrogen-bond donors (Lipinski definition) is 3. The summed E-state index contributed by atoms with van der Waals surface area (Å²) in [4.78, 5) is 16.8. The Balaban J connectivity index is 1.84. The van der Waals surface area contributed by atoms with Crippen molar-refractivity contribution >= 4 is 17.4 Å². The van der Waals surface area contributed by atoms with Crippen LogP contribution in [0.2, 0.25) is 0 Å². The number of likely N-dealkylation sites (tertiary alicyclic amines) is 1. The molecule has 2 aromatic rings. The van der Waals surface area contributed by atoms with E-state index in [4.69, 9.17) is 10.1 Å². The Morgan fingerprint density at radius 1 is 1.39 bits per heavy atom. The monoisotopic (exact) mass is 495 g/mol. The lowest BCUT2D eigenvalue weighted by Crippen LogP contribution is -2.44. The minimum atomic E-state index is -0.836. The molecule has 0 amide bonds. The number of aliphatic imine (C=N–C) groups is 1. The third kappa shape index (κ3) is 7.51. The lowest BCUT2D eigenvalue weighted by atomic mass is 10.0. The molecule has 9 nitrogen and oxygen atoms in total. The molecule has 1 saturated heterocycles. The number of hydrogen-bond acceptors (Lipinski definition) is 7. The Labute approximate surface area is 211 Å². The summed E-state index contributed by atoms with van der Waals surface area (Å²) < 4.78 is 19.5. The second-order valence-corrected chi connectivity index (χ2v) is 8.75. The van der Waals surface area contributed by atoms with E-state index in [-0.39, 0.29) is 23.1 Å². The molecule has 0 bridgehead atoms. The molecule has 3 heterocycles. The average Bonchev–Trinajstić information content (AvgIpc) is 2.88. The maximum atomic E-state index is 14.3. The molecule has 1 atom stereocenters. The standard InChI is InChI=1S/C26H34FN7O2/c1-5-18(23(35)17-34-13-10-19(11-14-34)33(2)3)15-24(30-21-9-12-29-16-20(21)27)32-26(28)22-7-6-8-25(31-22)36-4/h5-9,12,15-16,19,23,35H,1,10-11,13-14,17H2,2-4H3,(H2,28,29,30,32)/b18-15-. The number of piperidine rings is 1. The van der Waals surface area contributed by atoms with Crippen LogP contribution in [0.25, 0.3) is 0 Å². The first-order chi connectivity index (χ1) is 17.3. The summed E-state index contributed by atoms with van der Waals surface area (Å²) in [5.41, 5.74) is 0.911. The molecule has 36 heavy (non-hydrogen) atoms. The Morgan fingerprint density at radius 3 is 2.78 bits per heavy atom. The fourth-order valence-corrected chi connectivity index (χ4v) is 3.97. The van der Waals surface area contributed by atoms with E-state index in [0.717, 1.165) is 32.1 Å². The Hall–Kier alpha value is -3.47. The number of nitrogens with zero attached hydrogens (tertiary/aromatic N) is 5. The largest absolute Gasteiger partial charge is 0.481 e. The van der Waals surface area contributed by atoms with Gasteiger partial charge in [-0.1, -0.05) is 18.7 Å². The first kappa shape index (κ1) is 27.1. The van der Waals surface area contributed by atoms with Crippen molar-refractivity contribution < 1.29 is 14.2 Å². The highest BCUT2D eigenvalue weighted by molar-refractivity contribution is 6.13. The quantitative estimate of drug-likeness (QED) is 0.279. The van der Waals surface area contributed by atoms with E-state index in [1.807, 2.05) is 0 Å². The number of amidine groups is 2. The third-order valence-electron chi connectivity index (χ3n) is 6.09. The Bertz CT molecular complexity index is 1110. The number of nitrogens with one attached hydrogen (secondary N) is 2. The van der Waals surface area contributed by atoms with E-state index < -0.39 is 11.9 Å². The van der Waals surface area contributed by atoms with Crippen LogP contribution in [-0.2, 0) is 0 Å². The van der Waals surface area contributed by atoms with Crippen molar-refractivity contribution in [3.63, 3.8) is 0 Å². The minimum Gasteiger partial charge on any atom is -0.481 e. The van der Waals surface area contributed by atoms with Gasteiger partial charge >= 0.3 is 0 Å². The number of halogens is 1. The number of β-amino-alcohol motifs (C(OH)–C–C–N with tert-alkyl or cyclic N) is 1. The molecule has 10 heteroatoms. The average molecular weight is 496 g/mol. The lowest BCUT2D eigenvalue weighted by Gasteiger charge is -2.36. The third-order valence-corrected chi connectivity index (χ3v) is 6.09. The van der Waals surface area contributed by atoms with Gasteiger partial charge in [0.25, 0.3) is 0 Å². The van der Waals surface area contributed by atoms with E-state index in [1.54, 1.807) is 30.4 Å². The molecular formula is C26H34FN7O2. The van der Waals surface area contributed by atoms with E-state index >= 15 is 0 Å². The summed E-state index contributed by atoms with van der Waals surface area (Å²) in [5, 5.41) is 22.3. The summed E-state index contributed by atoms with van der Waals surface area (Å²) in [7, 11) is 5.67. The number of anilines is 1. The van der Waals surface area contributed by atoms with Crippen LogP contribution < -0.4 is 10.1 Å².